The highest BCUT2D eigenvalue weighted by Gasteiger charge is 2.14. The maximum absolute atomic E-state index is 13.2. The van der Waals surface area contributed by atoms with Crippen molar-refractivity contribution in [2.75, 3.05) is 42.1 Å². The van der Waals surface area contributed by atoms with E-state index in [9.17, 15) is 4.39 Å². The second-order valence-electron chi connectivity index (χ2n) is 5.39. The van der Waals surface area contributed by atoms with Gasteiger partial charge in [0.25, 0.3) is 0 Å². The SMILES string of the molecule is Nc1nc(NCc2cccc(F)c2)nc(N2CCCNCC2)n1. The number of aromatic nitrogens is 3. The Balaban J connectivity index is 1.72. The van der Waals surface area contributed by atoms with Gasteiger partial charge in [0.1, 0.15) is 5.82 Å². The van der Waals surface area contributed by atoms with Crippen LogP contribution in [0.1, 0.15) is 12.0 Å². The van der Waals surface area contributed by atoms with Gasteiger partial charge in [-0.15, -0.1) is 0 Å². The fraction of sp³-hybridized carbons (Fsp3) is 0.400. The third-order valence-electron chi connectivity index (χ3n) is 3.60. The molecule has 1 aromatic heterocycles. The molecule has 7 nitrogen and oxygen atoms in total. The summed E-state index contributed by atoms with van der Waals surface area (Å²) in [6.45, 7) is 3.99. The maximum Gasteiger partial charge on any atom is 0.231 e. The molecule has 8 heteroatoms. The summed E-state index contributed by atoms with van der Waals surface area (Å²) in [7, 11) is 0. The first kappa shape index (κ1) is 15.4. The van der Waals surface area contributed by atoms with Gasteiger partial charge in [-0.3, -0.25) is 0 Å². The van der Waals surface area contributed by atoms with E-state index in [1.165, 1.54) is 12.1 Å². The average molecular weight is 317 g/mol. The monoisotopic (exact) mass is 317 g/mol. The summed E-state index contributed by atoms with van der Waals surface area (Å²) in [4.78, 5) is 14.8. The highest BCUT2D eigenvalue weighted by atomic mass is 19.1. The van der Waals surface area contributed by atoms with Gasteiger partial charge in [-0.25, -0.2) is 4.39 Å². The first-order valence-electron chi connectivity index (χ1n) is 7.66. The standard InChI is InChI=1S/C15H20FN7/c16-12-4-1-3-11(9-12)10-19-14-20-13(17)21-15(22-14)23-7-2-5-18-6-8-23/h1,3-4,9,18H,2,5-8,10H2,(H3,17,19,20,21,22). The molecule has 0 amide bonds. The zero-order valence-corrected chi connectivity index (χ0v) is 12.8. The lowest BCUT2D eigenvalue weighted by atomic mass is 10.2. The summed E-state index contributed by atoms with van der Waals surface area (Å²) in [6, 6.07) is 6.39. The third-order valence-corrected chi connectivity index (χ3v) is 3.60. The molecule has 0 radical (unpaired) electrons. The van der Waals surface area contributed by atoms with E-state index in [1.54, 1.807) is 6.07 Å². The number of rotatable bonds is 4. The number of halogens is 1. The number of benzene rings is 1. The lowest BCUT2D eigenvalue weighted by molar-refractivity contribution is 0.626. The van der Waals surface area contributed by atoms with Gasteiger partial charge < -0.3 is 21.3 Å². The van der Waals surface area contributed by atoms with Gasteiger partial charge in [0.15, 0.2) is 0 Å². The predicted octanol–water partition coefficient (Wildman–Crippen LogP) is 1.00. The van der Waals surface area contributed by atoms with E-state index in [-0.39, 0.29) is 11.8 Å². The molecular formula is C15H20FN7. The van der Waals surface area contributed by atoms with Crippen LogP contribution in [-0.2, 0) is 6.54 Å². The summed E-state index contributed by atoms with van der Waals surface area (Å²) in [5, 5.41) is 6.41. The number of nitrogens with one attached hydrogen (secondary N) is 2. The lowest BCUT2D eigenvalue weighted by Gasteiger charge is -2.20. The van der Waals surface area contributed by atoms with Crippen molar-refractivity contribution in [3.63, 3.8) is 0 Å². The Morgan fingerprint density at radius 2 is 2.13 bits per heavy atom. The van der Waals surface area contributed by atoms with Crippen LogP contribution in [0.2, 0.25) is 0 Å². The number of nitrogen functional groups attached to an aromatic ring is 1. The fourth-order valence-electron chi connectivity index (χ4n) is 2.47. The number of hydrogen-bond donors (Lipinski definition) is 3. The van der Waals surface area contributed by atoms with Crippen molar-refractivity contribution < 1.29 is 4.39 Å². The minimum atomic E-state index is -0.266. The van der Waals surface area contributed by atoms with Crippen molar-refractivity contribution in [3.05, 3.63) is 35.6 Å². The Hall–Kier alpha value is -2.48. The molecular weight excluding hydrogens is 297 g/mol. The minimum Gasteiger partial charge on any atom is -0.368 e. The molecule has 1 aliphatic heterocycles. The van der Waals surface area contributed by atoms with E-state index in [1.807, 2.05) is 6.07 Å². The second kappa shape index (κ2) is 7.19. The van der Waals surface area contributed by atoms with Crippen molar-refractivity contribution in [3.8, 4) is 0 Å². The minimum absolute atomic E-state index is 0.175. The second-order valence-corrected chi connectivity index (χ2v) is 5.39. The van der Waals surface area contributed by atoms with Crippen molar-refractivity contribution in [2.45, 2.75) is 13.0 Å². The molecule has 0 spiro atoms. The average Bonchev–Trinajstić information content (AvgIpc) is 2.82. The Morgan fingerprint density at radius 1 is 1.22 bits per heavy atom. The molecule has 0 saturated carbocycles. The molecule has 3 rings (SSSR count). The van der Waals surface area contributed by atoms with E-state index in [4.69, 9.17) is 5.73 Å². The largest absolute Gasteiger partial charge is 0.368 e. The van der Waals surface area contributed by atoms with Crippen LogP contribution in [0.4, 0.5) is 22.2 Å². The normalized spacial score (nSPS) is 15.3. The molecule has 0 atom stereocenters. The van der Waals surface area contributed by atoms with Crippen LogP contribution < -0.4 is 21.3 Å². The number of nitrogens with two attached hydrogens (primary N) is 1. The van der Waals surface area contributed by atoms with Crippen molar-refractivity contribution in [1.82, 2.24) is 20.3 Å². The van der Waals surface area contributed by atoms with Crippen LogP contribution in [0.25, 0.3) is 0 Å². The zero-order valence-electron chi connectivity index (χ0n) is 12.8. The van der Waals surface area contributed by atoms with Crippen LogP contribution in [0.15, 0.2) is 24.3 Å². The fourth-order valence-corrected chi connectivity index (χ4v) is 2.47. The van der Waals surface area contributed by atoms with E-state index in [2.05, 4.69) is 30.5 Å². The number of nitrogens with zero attached hydrogens (tertiary/aromatic N) is 4. The van der Waals surface area contributed by atoms with Gasteiger partial charge >= 0.3 is 0 Å². The van der Waals surface area contributed by atoms with Gasteiger partial charge in [-0.2, -0.15) is 15.0 Å². The highest BCUT2D eigenvalue weighted by Crippen LogP contribution is 2.14. The Bertz CT molecular complexity index is 656. The summed E-state index contributed by atoms with van der Waals surface area (Å²) in [5.74, 6) is 0.878. The predicted molar refractivity (Wildman–Crippen MR) is 87.7 cm³/mol. The maximum atomic E-state index is 13.2. The topological polar surface area (TPSA) is 92.0 Å². The molecule has 0 aliphatic carbocycles. The molecule has 1 aromatic carbocycles. The quantitative estimate of drug-likeness (QED) is 0.775. The highest BCUT2D eigenvalue weighted by molar-refractivity contribution is 5.42. The molecule has 0 bridgehead atoms. The lowest BCUT2D eigenvalue weighted by Crippen LogP contribution is -2.30. The van der Waals surface area contributed by atoms with Crippen LogP contribution in [0.5, 0.6) is 0 Å². The van der Waals surface area contributed by atoms with Gasteiger partial charge in [-0.05, 0) is 30.7 Å². The first-order chi connectivity index (χ1) is 11.2. The van der Waals surface area contributed by atoms with Crippen LogP contribution in [0, 0.1) is 5.82 Å². The zero-order chi connectivity index (χ0) is 16.1. The Morgan fingerprint density at radius 3 is 3.00 bits per heavy atom. The van der Waals surface area contributed by atoms with Crippen molar-refractivity contribution in [2.24, 2.45) is 0 Å². The third kappa shape index (κ3) is 4.26. The molecule has 122 valence electrons. The van der Waals surface area contributed by atoms with Gasteiger partial charge in [0, 0.05) is 26.2 Å². The van der Waals surface area contributed by atoms with E-state index >= 15 is 0 Å². The van der Waals surface area contributed by atoms with E-state index in [0.29, 0.717) is 18.4 Å². The molecule has 2 aromatic rings. The van der Waals surface area contributed by atoms with E-state index < -0.39 is 0 Å². The Kier molecular flexibility index (Phi) is 4.82. The molecule has 2 heterocycles. The first-order valence-corrected chi connectivity index (χ1v) is 7.66. The van der Waals surface area contributed by atoms with Crippen molar-refractivity contribution >= 4 is 17.8 Å². The van der Waals surface area contributed by atoms with Gasteiger partial charge in [0.05, 0.1) is 0 Å². The molecule has 23 heavy (non-hydrogen) atoms. The van der Waals surface area contributed by atoms with Gasteiger partial charge in [0.2, 0.25) is 17.8 Å². The molecule has 1 fully saturated rings. The smallest absolute Gasteiger partial charge is 0.231 e. The van der Waals surface area contributed by atoms with E-state index in [0.717, 1.165) is 38.2 Å². The number of anilines is 3. The molecule has 4 N–H and O–H groups in total. The van der Waals surface area contributed by atoms with Crippen molar-refractivity contribution in [1.29, 1.82) is 0 Å². The van der Waals surface area contributed by atoms with Crippen LogP contribution in [-0.4, -0.2) is 41.1 Å². The Labute approximate surface area is 134 Å². The summed E-state index contributed by atoms with van der Waals surface area (Å²) in [6.07, 6.45) is 1.03. The van der Waals surface area contributed by atoms with Gasteiger partial charge in [-0.1, -0.05) is 12.1 Å². The van der Waals surface area contributed by atoms with Crippen LogP contribution in [0.3, 0.4) is 0 Å². The summed E-state index contributed by atoms with van der Waals surface area (Å²) < 4.78 is 13.2. The summed E-state index contributed by atoms with van der Waals surface area (Å²) in [5.41, 5.74) is 6.60. The molecule has 0 unspecified atom stereocenters. The molecule has 1 saturated heterocycles. The summed E-state index contributed by atoms with van der Waals surface area (Å²) >= 11 is 0. The molecule has 1 aliphatic rings. The number of hydrogen-bond acceptors (Lipinski definition) is 7. The van der Waals surface area contributed by atoms with Crippen LogP contribution >= 0.6 is 0 Å².